The number of nitro benzene ring substituents is 1. The van der Waals surface area contributed by atoms with Gasteiger partial charge in [-0.1, -0.05) is 24.3 Å². The van der Waals surface area contributed by atoms with Crippen LogP contribution in [0.15, 0.2) is 55.1 Å². The minimum atomic E-state index is -0.461. The van der Waals surface area contributed by atoms with Gasteiger partial charge in [-0.05, 0) is 30.2 Å². The topological polar surface area (TPSA) is 103 Å². The zero-order valence-corrected chi connectivity index (χ0v) is 14.1. The largest absolute Gasteiger partial charge is 0.348 e. The highest BCUT2D eigenvalue weighted by molar-refractivity contribution is 5.94. The molecule has 0 radical (unpaired) electrons. The summed E-state index contributed by atoms with van der Waals surface area (Å²) in [6.45, 7) is 2.58. The predicted octanol–water partition coefficient (Wildman–Crippen LogP) is 2.47. The molecule has 0 aliphatic rings. The second-order valence-corrected chi connectivity index (χ2v) is 5.85. The molecule has 0 aliphatic heterocycles. The molecule has 0 fully saturated rings. The van der Waals surface area contributed by atoms with Gasteiger partial charge in [0.15, 0.2) is 0 Å². The van der Waals surface area contributed by atoms with E-state index in [2.05, 4.69) is 15.4 Å². The molecule has 0 aliphatic carbocycles. The Morgan fingerprint density at radius 2 is 2.04 bits per heavy atom. The molecule has 0 unspecified atom stereocenters. The number of aromatic nitrogens is 3. The van der Waals surface area contributed by atoms with Crippen molar-refractivity contribution in [2.24, 2.45) is 0 Å². The summed E-state index contributed by atoms with van der Waals surface area (Å²) in [7, 11) is 0. The Hall–Kier alpha value is -3.55. The van der Waals surface area contributed by atoms with E-state index in [0.29, 0.717) is 24.2 Å². The number of nitrogens with one attached hydrogen (secondary N) is 1. The van der Waals surface area contributed by atoms with Gasteiger partial charge in [0.2, 0.25) is 0 Å². The number of rotatable bonds is 6. The third-order valence-corrected chi connectivity index (χ3v) is 3.91. The van der Waals surface area contributed by atoms with E-state index in [1.54, 1.807) is 17.9 Å². The van der Waals surface area contributed by atoms with Crippen LogP contribution in [0, 0.1) is 17.0 Å². The standard InChI is InChI=1S/C18H17N5O3/c1-13-7-16(5-6-17(13)23(25)26)18(24)20-9-14-3-2-4-15(8-14)10-22-12-19-11-21-22/h2-8,11-12H,9-10H2,1H3,(H,20,24). The highest BCUT2D eigenvalue weighted by Gasteiger charge is 2.13. The van der Waals surface area contributed by atoms with Crippen molar-refractivity contribution in [1.29, 1.82) is 0 Å². The number of carbonyl (C=O) groups is 1. The maximum Gasteiger partial charge on any atom is 0.272 e. The molecule has 1 amide bonds. The lowest BCUT2D eigenvalue weighted by Crippen LogP contribution is -2.23. The third-order valence-electron chi connectivity index (χ3n) is 3.91. The fourth-order valence-corrected chi connectivity index (χ4v) is 2.63. The summed E-state index contributed by atoms with van der Waals surface area (Å²) in [6, 6.07) is 12.1. The Bertz CT molecular complexity index is 938. The van der Waals surface area contributed by atoms with Crippen molar-refractivity contribution < 1.29 is 9.72 Å². The highest BCUT2D eigenvalue weighted by atomic mass is 16.6. The summed E-state index contributed by atoms with van der Waals surface area (Å²) in [5.74, 6) is -0.273. The maximum absolute atomic E-state index is 12.3. The molecule has 0 spiro atoms. The Kier molecular flexibility index (Phi) is 5.02. The van der Waals surface area contributed by atoms with Gasteiger partial charge in [0, 0.05) is 23.7 Å². The SMILES string of the molecule is Cc1cc(C(=O)NCc2cccc(Cn3cncn3)c2)ccc1[N+](=O)[O-]. The zero-order chi connectivity index (χ0) is 18.5. The molecule has 132 valence electrons. The molecular formula is C18H17N5O3. The fraction of sp³-hybridized carbons (Fsp3) is 0.167. The van der Waals surface area contributed by atoms with E-state index in [0.717, 1.165) is 11.1 Å². The number of nitrogens with zero attached hydrogens (tertiary/aromatic N) is 4. The third kappa shape index (κ3) is 4.10. The first-order valence-corrected chi connectivity index (χ1v) is 7.96. The lowest BCUT2D eigenvalue weighted by molar-refractivity contribution is -0.385. The molecule has 1 N–H and O–H groups in total. The first kappa shape index (κ1) is 17.3. The second-order valence-electron chi connectivity index (χ2n) is 5.85. The molecule has 3 aromatic rings. The molecule has 1 heterocycles. The van der Waals surface area contributed by atoms with Crippen LogP contribution in [-0.4, -0.2) is 25.6 Å². The van der Waals surface area contributed by atoms with Crippen molar-refractivity contribution >= 4 is 11.6 Å². The molecule has 2 aromatic carbocycles. The second kappa shape index (κ2) is 7.56. The van der Waals surface area contributed by atoms with Gasteiger partial charge >= 0.3 is 0 Å². The highest BCUT2D eigenvalue weighted by Crippen LogP contribution is 2.18. The molecule has 0 atom stereocenters. The van der Waals surface area contributed by atoms with Crippen LogP contribution in [0.3, 0.4) is 0 Å². The first-order chi connectivity index (χ1) is 12.5. The summed E-state index contributed by atoms with van der Waals surface area (Å²) in [5, 5.41) is 17.8. The molecule has 0 saturated carbocycles. The molecule has 26 heavy (non-hydrogen) atoms. The minimum Gasteiger partial charge on any atom is -0.348 e. The molecule has 8 heteroatoms. The summed E-state index contributed by atoms with van der Waals surface area (Å²) in [6.07, 6.45) is 3.13. The molecular weight excluding hydrogens is 334 g/mol. The van der Waals surface area contributed by atoms with Gasteiger partial charge in [-0.25, -0.2) is 9.67 Å². The van der Waals surface area contributed by atoms with Crippen LogP contribution in [0.5, 0.6) is 0 Å². The van der Waals surface area contributed by atoms with Crippen molar-refractivity contribution in [2.75, 3.05) is 0 Å². The number of amides is 1. The molecule has 1 aromatic heterocycles. The van der Waals surface area contributed by atoms with Crippen molar-refractivity contribution in [3.05, 3.63) is 87.5 Å². The number of carbonyl (C=O) groups excluding carboxylic acids is 1. The molecule has 0 bridgehead atoms. The lowest BCUT2D eigenvalue weighted by Gasteiger charge is -2.08. The van der Waals surface area contributed by atoms with Crippen LogP contribution < -0.4 is 5.32 Å². The van der Waals surface area contributed by atoms with Gasteiger partial charge in [0.05, 0.1) is 11.5 Å². The average molecular weight is 351 g/mol. The average Bonchev–Trinajstić information content (AvgIpc) is 3.12. The van der Waals surface area contributed by atoms with Crippen molar-refractivity contribution in [3.63, 3.8) is 0 Å². The number of hydrogen-bond donors (Lipinski definition) is 1. The number of nitro groups is 1. The summed E-state index contributed by atoms with van der Waals surface area (Å²) >= 11 is 0. The lowest BCUT2D eigenvalue weighted by atomic mass is 10.1. The van der Waals surface area contributed by atoms with E-state index in [4.69, 9.17) is 0 Å². The summed E-state index contributed by atoms with van der Waals surface area (Å²) in [5.41, 5.74) is 2.86. The van der Waals surface area contributed by atoms with Crippen LogP contribution in [0.4, 0.5) is 5.69 Å². The van der Waals surface area contributed by atoms with E-state index in [1.165, 1.54) is 24.5 Å². The monoisotopic (exact) mass is 351 g/mol. The maximum atomic E-state index is 12.3. The van der Waals surface area contributed by atoms with E-state index in [1.807, 2.05) is 24.3 Å². The van der Waals surface area contributed by atoms with Crippen LogP contribution in [0.25, 0.3) is 0 Å². The van der Waals surface area contributed by atoms with Crippen molar-refractivity contribution in [2.45, 2.75) is 20.0 Å². The smallest absolute Gasteiger partial charge is 0.272 e. The Labute approximate surface area is 149 Å². The molecule has 0 saturated heterocycles. The van der Waals surface area contributed by atoms with Gasteiger partial charge in [-0.15, -0.1) is 0 Å². The number of hydrogen-bond acceptors (Lipinski definition) is 5. The van der Waals surface area contributed by atoms with Gasteiger partial charge in [0.25, 0.3) is 11.6 Å². The van der Waals surface area contributed by atoms with Crippen LogP contribution in [0.2, 0.25) is 0 Å². The van der Waals surface area contributed by atoms with Gasteiger partial charge in [0.1, 0.15) is 12.7 Å². The normalized spacial score (nSPS) is 10.5. The van der Waals surface area contributed by atoms with Gasteiger partial charge in [-0.2, -0.15) is 5.10 Å². The predicted molar refractivity (Wildman–Crippen MR) is 94.6 cm³/mol. The first-order valence-electron chi connectivity index (χ1n) is 7.96. The molecule has 3 rings (SSSR count). The minimum absolute atomic E-state index is 0.00219. The van der Waals surface area contributed by atoms with Crippen LogP contribution >= 0.6 is 0 Å². The fourth-order valence-electron chi connectivity index (χ4n) is 2.63. The van der Waals surface area contributed by atoms with Crippen molar-refractivity contribution in [1.82, 2.24) is 20.1 Å². The zero-order valence-electron chi connectivity index (χ0n) is 14.1. The molecule has 8 nitrogen and oxygen atoms in total. The Balaban J connectivity index is 1.64. The van der Waals surface area contributed by atoms with Gasteiger partial charge < -0.3 is 5.32 Å². The Morgan fingerprint density at radius 1 is 1.23 bits per heavy atom. The van der Waals surface area contributed by atoms with E-state index in [9.17, 15) is 14.9 Å². The van der Waals surface area contributed by atoms with Crippen molar-refractivity contribution in [3.8, 4) is 0 Å². The Morgan fingerprint density at radius 3 is 2.73 bits per heavy atom. The van der Waals surface area contributed by atoms with E-state index in [-0.39, 0.29) is 11.6 Å². The van der Waals surface area contributed by atoms with Crippen LogP contribution in [-0.2, 0) is 13.1 Å². The van der Waals surface area contributed by atoms with Gasteiger partial charge in [-0.3, -0.25) is 14.9 Å². The van der Waals surface area contributed by atoms with E-state index < -0.39 is 4.92 Å². The quantitative estimate of drug-likeness (QED) is 0.543. The number of benzene rings is 2. The van der Waals surface area contributed by atoms with E-state index >= 15 is 0 Å². The summed E-state index contributed by atoms with van der Waals surface area (Å²) < 4.78 is 1.72. The van der Waals surface area contributed by atoms with Crippen LogP contribution in [0.1, 0.15) is 27.0 Å². The summed E-state index contributed by atoms with van der Waals surface area (Å²) in [4.78, 5) is 26.6. The number of aryl methyl sites for hydroxylation is 1.